The summed E-state index contributed by atoms with van der Waals surface area (Å²) in [5, 5.41) is 3.56. The number of nitrogens with zero attached hydrogens (tertiary/aromatic N) is 1. The maximum Gasteiger partial charge on any atom is 0.0237 e. The summed E-state index contributed by atoms with van der Waals surface area (Å²) in [6, 6.07) is 9.91. The molecule has 1 aromatic carbocycles. The molecule has 2 heteroatoms. The normalized spacial score (nSPS) is 14.8. The predicted octanol–water partition coefficient (Wildman–Crippen LogP) is 3.38. The molecule has 1 aliphatic rings. The van der Waals surface area contributed by atoms with Crippen molar-refractivity contribution in [1.82, 2.24) is 10.2 Å². The summed E-state index contributed by atoms with van der Waals surface area (Å²) in [7, 11) is 0. The lowest BCUT2D eigenvalue weighted by atomic mass is 10.1. The molecule has 0 atom stereocenters. The van der Waals surface area contributed by atoms with Gasteiger partial charge in [-0.05, 0) is 50.4 Å². The summed E-state index contributed by atoms with van der Waals surface area (Å²) in [4.78, 5) is 2.42. The van der Waals surface area contributed by atoms with Gasteiger partial charge in [-0.1, -0.05) is 43.3 Å². The van der Waals surface area contributed by atoms with Crippen LogP contribution in [0.1, 0.15) is 37.8 Å². The molecular weight excluding hydrogens is 244 g/mol. The first-order valence-corrected chi connectivity index (χ1v) is 7.85. The van der Waals surface area contributed by atoms with Crippen LogP contribution in [0, 0.1) is 0 Å². The Labute approximate surface area is 123 Å². The van der Waals surface area contributed by atoms with E-state index in [1.54, 1.807) is 0 Å². The van der Waals surface area contributed by atoms with Crippen molar-refractivity contribution in [2.75, 3.05) is 19.6 Å². The van der Waals surface area contributed by atoms with Gasteiger partial charge in [-0.2, -0.15) is 0 Å². The molecule has 1 aromatic rings. The lowest BCUT2D eigenvalue weighted by molar-refractivity contribution is 0.304. The van der Waals surface area contributed by atoms with Crippen LogP contribution in [0.25, 0.3) is 0 Å². The third-order valence-corrected chi connectivity index (χ3v) is 3.79. The predicted molar refractivity (Wildman–Crippen MR) is 86.9 cm³/mol. The molecule has 0 unspecified atom stereocenters. The second kappa shape index (κ2) is 7.61. The van der Waals surface area contributed by atoms with Crippen molar-refractivity contribution in [3.63, 3.8) is 0 Å². The van der Waals surface area contributed by atoms with E-state index in [4.69, 9.17) is 0 Å². The molecule has 20 heavy (non-hydrogen) atoms. The second-order valence-corrected chi connectivity index (χ2v) is 6.06. The van der Waals surface area contributed by atoms with Crippen LogP contribution in [-0.2, 0) is 13.0 Å². The third kappa shape index (κ3) is 5.48. The van der Waals surface area contributed by atoms with Crippen LogP contribution in [0.4, 0.5) is 0 Å². The number of benzene rings is 1. The minimum absolute atomic E-state index is 0.814. The monoisotopic (exact) mass is 272 g/mol. The Morgan fingerprint density at radius 1 is 1.25 bits per heavy atom. The fraction of sp³-hybridized carbons (Fsp3) is 0.556. The smallest absolute Gasteiger partial charge is 0.0237 e. The van der Waals surface area contributed by atoms with Gasteiger partial charge in [0.15, 0.2) is 0 Å². The van der Waals surface area contributed by atoms with Gasteiger partial charge in [-0.15, -0.1) is 0 Å². The van der Waals surface area contributed by atoms with E-state index >= 15 is 0 Å². The molecule has 1 aliphatic carbocycles. The first-order chi connectivity index (χ1) is 9.67. The summed E-state index contributed by atoms with van der Waals surface area (Å²) < 4.78 is 0. The molecule has 2 nitrogen and oxygen atoms in total. The van der Waals surface area contributed by atoms with Crippen molar-refractivity contribution < 1.29 is 0 Å². The summed E-state index contributed by atoms with van der Waals surface area (Å²) in [5.41, 5.74) is 4.06. The number of hydrogen-bond donors (Lipinski definition) is 1. The number of likely N-dealkylation sites (N-methyl/N-ethyl adjacent to an activating group) is 1. The first-order valence-electron chi connectivity index (χ1n) is 7.85. The molecule has 0 heterocycles. The molecule has 1 N–H and O–H groups in total. The van der Waals surface area contributed by atoms with E-state index in [1.165, 1.54) is 29.5 Å². The molecule has 0 bridgehead atoms. The van der Waals surface area contributed by atoms with Crippen molar-refractivity contribution in [3.05, 3.63) is 47.5 Å². The zero-order valence-corrected chi connectivity index (χ0v) is 13.0. The van der Waals surface area contributed by atoms with Gasteiger partial charge in [0.05, 0.1) is 0 Å². The molecule has 0 saturated heterocycles. The molecule has 0 aromatic heterocycles. The average Bonchev–Trinajstić information content (AvgIpc) is 3.23. The third-order valence-electron chi connectivity index (χ3n) is 3.79. The summed E-state index contributed by atoms with van der Waals surface area (Å²) in [5.74, 6) is 0. The minimum Gasteiger partial charge on any atom is -0.314 e. The van der Waals surface area contributed by atoms with E-state index in [1.807, 2.05) is 0 Å². The van der Waals surface area contributed by atoms with Crippen LogP contribution < -0.4 is 5.32 Å². The second-order valence-electron chi connectivity index (χ2n) is 6.06. The van der Waals surface area contributed by atoms with Gasteiger partial charge in [-0.3, -0.25) is 4.90 Å². The average molecular weight is 272 g/mol. The Kier molecular flexibility index (Phi) is 5.81. The molecule has 0 spiro atoms. The summed E-state index contributed by atoms with van der Waals surface area (Å²) >= 11 is 0. The van der Waals surface area contributed by atoms with Gasteiger partial charge in [0.1, 0.15) is 0 Å². The van der Waals surface area contributed by atoms with E-state index in [9.17, 15) is 0 Å². The van der Waals surface area contributed by atoms with Gasteiger partial charge >= 0.3 is 0 Å². The molecule has 2 rings (SSSR count). The number of hydrogen-bond acceptors (Lipinski definition) is 2. The van der Waals surface area contributed by atoms with Crippen molar-refractivity contribution >= 4 is 0 Å². The summed E-state index contributed by atoms with van der Waals surface area (Å²) in [6.45, 7) is 12.5. The van der Waals surface area contributed by atoms with E-state index in [-0.39, 0.29) is 0 Å². The SMILES string of the molecule is C=C(C)CN(CC)Cc1ccc(CCNC2CC2)cc1. The number of nitrogens with one attached hydrogen (secondary N) is 1. The van der Waals surface area contributed by atoms with E-state index in [2.05, 4.69) is 54.9 Å². The van der Waals surface area contributed by atoms with Gasteiger partial charge in [0, 0.05) is 19.1 Å². The topological polar surface area (TPSA) is 15.3 Å². The zero-order chi connectivity index (χ0) is 14.4. The van der Waals surface area contributed by atoms with Crippen LogP contribution in [0.5, 0.6) is 0 Å². The van der Waals surface area contributed by atoms with Crippen molar-refractivity contribution in [2.45, 2.75) is 45.7 Å². The summed E-state index contributed by atoms with van der Waals surface area (Å²) in [6.07, 6.45) is 3.88. The minimum atomic E-state index is 0.814. The molecule has 0 radical (unpaired) electrons. The van der Waals surface area contributed by atoms with Crippen LogP contribution in [0.15, 0.2) is 36.4 Å². The van der Waals surface area contributed by atoms with E-state index in [0.29, 0.717) is 0 Å². The van der Waals surface area contributed by atoms with Crippen LogP contribution in [0.3, 0.4) is 0 Å². The largest absolute Gasteiger partial charge is 0.314 e. The molecule has 0 aliphatic heterocycles. The lowest BCUT2D eigenvalue weighted by Crippen LogP contribution is -2.24. The first kappa shape index (κ1) is 15.3. The highest BCUT2D eigenvalue weighted by atomic mass is 15.1. The Balaban J connectivity index is 1.78. The molecule has 0 amide bonds. The highest BCUT2D eigenvalue weighted by molar-refractivity contribution is 5.23. The van der Waals surface area contributed by atoms with Crippen LogP contribution in [-0.4, -0.2) is 30.6 Å². The Hall–Kier alpha value is -1.12. The van der Waals surface area contributed by atoms with Crippen LogP contribution in [0.2, 0.25) is 0 Å². The van der Waals surface area contributed by atoms with Gasteiger partial charge in [-0.25, -0.2) is 0 Å². The fourth-order valence-corrected chi connectivity index (χ4v) is 2.44. The Morgan fingerprint density at radius 2 is 1.90 bits per heavy atom. The molecule has 110 valence electrons. The molecular formula is C18H28N2. The molecule has 1 fully saturated rings. The highest BCUT2D eigenvalue weighted by Gasteiger charge is 2.19. The van der Waals surface area contributed by atoms with Crippen molar-refractivity contribution in [2.24, 2.45) is 0 Å². The Morgan fingerprint density at radius 3 is 2.45 bits per heavy atom. The highest BCUT2D eigenvalue weighted by Crippen LogP contribution is 2.18. The van der Waals surface area contributed by atoms with Gasteiger partial charge in [0.2, 0.25) is 0 Å². The Bertz CT molecular complexity index is 418. The van der Waals surface area contributed by atoms with E-state index < -0.39 is 0 Å². The van der Waals surface area contributed by atoms with Gasteiger partial charge in [0.25, 0.3) is 0 Å². The standard InChI is InChI=1S/C18H28N2/c1-4-20(13-15(2)3)14-17-7-5-16(6-8-17)11-12-19-18-9-10-18/h5-8,18-19H,2,4,9-14H2,1,3H3. The van der Waals surface area contributed by atoms with Crippen molar-refractivity contribution in [3.8, 4) is 0 Å². The van der Waals surface area contributed by atoms with Gasteiger partial charge < -0.3 is 5.32 Å². The quantitative estimate of drug-likeness (QED) is 0.693. The van der Waals surface area contributed by atoms with Crippen molar-refractivity contribution in [1.29, 1.82) is 0 Å². The maximum atomic E-state index is 4.00. The number of rotatable bonds is 9. The fourth-order valence-electron chi connectivity index (χ4n) is 2.44. The van der Waals surface area contributed by atoms with E-state index in [0.717, 1.165) is 38.6 Å². The molecule has 1 saturated carbocycles. The maximum absolute atomic E-state index is 4.00. The lowest BCUT2D eigenvalue weighted by Gasteiger charge is -2.20. The zero-order valence-electron chi connectivity index (χ0n) is 13.0. The van der Waals surface area contributed by atoms with Crippen LogP contribution >= 0.6 is 0 Å².